The highest BCUT2D eigenvalue weighted by Crippen LogP contribution is 2.67. The van der Waals surface area contributed by atoms with E-state index in [0.29, 0.717) is 40.1 Å². The van der Waals surface area contributed by atoms with Crippen molar-refractivity contribution in [2.75, 3.05) is 18.9 Å². The van der Waals surface area contributed by atoms with Crippen LogP contribution in [0.4, 0.5) is 5.82 Å². The van der Waals surface area contributed by atoms with Gasteiger partial charge in [-0.2, -0.15) is 0 Å². The van der Waals surface area contributed by atoms with Crippen molar-refractivity contribution in [3.63, 3.8) is 0 Å². The standard InChI is InChI=1S/C22H23ClN6O3S/c1-3-8-25-19-15-20(28-14(27-19)7-5-11-4-6-13(23)33-11)29(10-26-15)16-12-9-22(12,21(32)24-2)18(31)17(16)30/h4,6,10,12,16-18,30-31H,3,8-9H2,1-2H3,(H,24,32)(H,25,27,28)/t12?,16-,17?,18?,22+/m1/s1. The van der Waals surface area contributed by atoms with Crippen LogP contribution in [0.15, 0.2) is 18.5 Å². The Labute approximate surface area is 199 Å². The topological polar surface area (TPSA) is 125 Å². The minimum Gasteiger partial charge on any atom is -0.389 e. The van der Waals surface area contributed by atoms with E-state index >= 15 is 0 Å². The second-order valence-electron chi connectivity index (χ2n) is 8.36. The third kappa shape index (κ3) is 3.47. The van der Waals surface area contributed by atoms with Gasteiger partial charge in [-0.3, -0.25) is 4.79 Å². The number of hydrogen-bond acceptors (Lipinski definition) is 8. The van der Waals surface area contributed by atoms with E-state index in [0.717, 1.165) is 11.3 Å². The first kappa shape index (κ1) is 22.1. The molecule has 0 aliphatic heterocycles. The zero-order valence-electron chi connectivity index (χ0n) is 18.0. The summed E-state index contributed by atoms with van der Waals surface area (Å²) in [5.74, 6) is 6.40. The Morgan fingerprint density at radius 3 is 2.88 bits per heavy atom. The lowest BCUT2D eigenvalue weighted by molar-refractivity contribution is -0.132. The summed E-state index contributed by atoms with van der Waals surface area (Å²) < 4.78 is 2.40. The number of thiophene rings is 1. The van der Waals surface area contributed by atoms with Crippen LogP contribution in [-0.4, -0.2) is 61.4 Å². The molecule has 0 aromatic carbocycles. The van der Waals surface area contributed by atoms with Crippen LogP contribution in [0.25, 0.3) is 11.2 Å². The molecule has 11 heteroatoms. The number of hydrogen-bond donors (Lipinski definition) is 4. The summed E-state index contributed by atoms with van der Waals surface area (Å²) in [6, 6.07) is 3.08. The van der Waals surface area contributed by atoms with Crippen LogP contribution >= 0.6 is 22.9 Å². The lowest BCUT2D eigenvalue weighted by Gasteiger charge is -2.23. The van der Waals surface area contributed by atoms with E-state index in [1.54, 1.807) is 17.0 Å². The predicted molar refractivity (Wildman–Crippen MR) is 125 cm³/mol. The van der Waals surface area contributed by atoms with Crippen molar-refractivity contribution in [2.24, 2.45) is 11.3 Å². The molecule has 0 spiro atoms. The Morgan fingerprint density at radius 1 is 1.36 bits per heavy atom. The van der Waals surface area contributed by atoms with E-state index in [-0.39, 0.29) is 11.8 Å². The fraction of sp³-hybridized carbons (Fsp3) is 0.455. The second-order valence-corrected chi connectivity index (χ2v) is 10.1. The monoisotopic (exact) mass is 486 g/mol. The molecule has 2 aliphatic carbocycles. The van der Waals surface area contributed by atoms with Gasteiger partial charge in [0, 0.05) is 19.5 Å². The Kier molecular flexibility index (Phi) is 5.53. The molecule has 2 fully saturated rings. The van der Waals surface area contributed by atoms with Crippen LogP contribution in [0.5, 0.6) is 0 Å². The highest BCUT2D eigenvalue weighted by Gasteiger charge is 2.75. The summed E-state index contributed by atoms with van der Waals surface area (Å²) in [6.45, 7) is 2.74. The smallest absolute Gasteiger partial charge is 0.229 e. The van der Waals surface area contributed by atoms with Crippen molar-refractivity contribution in [1.29, 1.82) is 0 Å². The van der Waals surface area contributed by atoms with Crippen molar-refractivity contribution >= 4 is 45.8 Å². The molecule has 0 bridgehead atoms. The highest BCUT2D eigenvalue weighted by molar-refractivity contribution is 7.16. The lowest BCUT2D eigenvalue weighted by Crippen LogP contribution is -2.41. The average molecular weight is 487 g/mol. The van der Waals surface area contributed by atoms with Gasteiger partial charge >= 0.3 is 0 Å². The van der Waals surface area contributed by atoms with Gasteiger partial charge in [0.15, 0.2) is 17.0 Å². The largest absolute Gasteiger partial charge is 0.389 e. The summed E-state index contributed by atoms with van der Waals surface area (Å²) >= 11 is 7.36. The van der Waals surface area contributed by atoms with Crippen molar-refractivity contribution in [3.05, 3.63) is 33.5 Å². The molecule has 5 atom stereocenters. The maximum Gasteiger partial charge on any atom is 0.229 e. The van der Waals surface area contributed by atoms with Crippen LogP contribution in [0, 0.1) is 23.2 Å². The summed E-state index contributed by atoms with van der Waals surface area (Å²) in [7, 11) is 1.54. The summed E-state index contributed by atoms with van der Waals surface area (Å²) in [4.78, 5) is 27.0. The zero-order chi connectivity index (χ0) is 23.3. The third-order valence-corrected chi connectivity index (χ3v) is 7.62. The van der Waals surface area contributed by atoms with Crippen LogP contribution in [-0.2, 0) is 4.79 Å². The molecule has 0 saturated heterocycles. The average Bonchev–Trinajstić information content (AvgIpc) is 3.06. The van der Waals surface area contributed by atoms with Gasteiger partial charge in [-0.1, -0.05) is 18.5 Å². The molecular weight excluding hydrogens is 464 g/mol. The first-order valence-electron chi connectivity index (χ1n) is 10.7. The van der Waals surface area contributed by atoms with Crippen molar-refractivity contribution in [1.82, 2.24) is 24.8 Å². The predicted octanol–water partition coefficient (Wildman–Crippen LogP) is 1.79. The number of amides is 1. The number of anilines is 1. The van der Waals surface area contributed by atoms with Crippen molar-refractivity contribution < 1.29 is 15.0 Å². The van der Waals surface area contributed by atoms with Crippen molar-refractivity contribution in [3.8, 4) is 11.8 Å². The third-order valence-electron chi connectivity index (χ3n) is 6.48. The first-order chi connectivity index (χ1) is 15.9. The molecule has 172 valence electrons. The number of halogens is 1. The van der Waals surface area contributed by atoms with Crippen LogP contribution in [0.1, 0.15) is 36.5 Å². The molecule has 9 nitrogen and oxygen atoms in total. The van der Waals surface area contributed by atoms with E-state index < -0.39 is 23.7 Å². The number of nitrogens with zero attached hydrogens (tertiary/aromatic N) is 4. The Balaban J connectivity index is 1.58. The Bertz CT molecular complexity index is 1300. The van der Waals surface area contributed by atoms with Gasteiger partial charge in [0.25, 0.3) is 0 Å². The van der Waals surface area contributed by atoms with Gasteiger partial charge in [-0.25, -0.2) is 15.0 Å². The van der Waals surface area contributed by atoms with Gasteiger partial charge in [0.2, 0.25) is 11.7 Å². The SMILES string of the molecule is CCCNc1nc(C#Cc2ccc(Cl)s2)nc2c1ncn2[C@H]1C(O)C(O)[C@]2(C(=O)NC)CC12. The molecule has 3 heterocycles. The Hall–Kier alpha value is -2.71. The van der Waals surface area contributed by atoms with E-state index in [1.807, 2.05) is 13.0 Å². The molecule has 1 amide bonds. The number of fused-ring (bicyclic) bond motifs is 2. The molecule has 33 heavy (non-hydrogen) atoms. The van der Waals surface area contributed by atoms with Crippen molar-refractivity contribution in [2.45, 2.75) is 38.0 Å². The number of carbonyl (C=O) groups is 1. The second kappa shape index (κ2) is 8.25. The molecule has 2 saturated carbocycles. The van der Waals surface area contributed by atoms with Crippen LogP contribution in [0.2, 0.25) is 4.34 Å². The molecule has 3 aromatic heterocycles. The number of carbonyl (C=O) groups excluding carboxylic acids is 1. The summed E-state index contributed by atoms with van der Waals surface area (Å²) in [5, 5.41) is 27.5. The normalized spacial score (nSPS) is 27.7. The number of aromatic nitrogens is 4. The van der Waals surface area contributed by atoms with E-state index in [9.17, 15) is 15.0 Å². The number of aliphatic hydroxyl groups is 2. The van der Waals surface area contributed by atoms with Crippen LogP contribution in [0.3, 0.4) is 0 Å². The minimum atomic E-state index is -1.16. The lowest BCUT2D eigenvalue weighted by atomic mass is 9.98. The number of nitrogens with one attached hydrogen (secondary N) is 2. The quantitative estimate of drug-likeness (QED) is 0.405. The number of imidazole rings is 1. The van der Waals surface area contributed by atoms with E-state index in [4.69, 9.17) is 11.6 Å². The van der Waals surface area contributed by atoms with Gasteiger partial charge in [0.05, 0.1) is 33.1 Å². The zero-order valence-corrected chi connectivity index (χ0v) is 19.6. The molecule has 5 rings (SSSR count). The fourth-order valence-corrected chi connectivity index (χ4v) is 5.74. The molecule has 0 radical (unpaired) electrons. The summed E-state index contributed by atoms with van der Waals surface area (Å²) in [5.41, 5.74) is 0.0632. The molecular formula is C22H23ClN6O3S. The molecule has 4 N–H and O–H groups in total. The Morgan fingerprint density at radius 2 is 2.18 bits per heavy atom. The fourth-order valence-electron chi connectivity index (χ4n) is 4.84. The summed E-state index contributed by atoms with van der Waals surface area (Å²) in [6.07, 6.45) is 0.694. The first-order valence-corrected chi connectivity index (χ1v) is 11.9. The minimum absolute atomic E-state index is 0.218. The maximum atomic E-state index is 12.5. The maximum absolute atomic E-state index is 12.5. The van der Waals surface area contributed by atoms with E-state index in [2.05, 4.69) is 37.4 Å². The molecule has 3 unspecified atom stereocenters. The highest BCUT2D eigenvalue weighted by atomic mass is 35.5. The van der Waals surface area contributed by atoms with Gasteiger partial charge in [0.1, 0.15) is 6.10 Å². The van der Waals surface area contributed by atoms with E-state index in [1.165, 1.54) is 18.4 Å². The molecule has 2 aliphatic rings. The van der Waals surface area contributed by atoms with Gasteiger partial charge in [-0.05, 0) is 36.8 Å². The van der Waals surface area contributed by atoms with Gasteiger partial charge in [-0.15, -0.1) is 11.3 Å². The van der Waals surface area contributed by atoms with Crippen LogP contribution < -0.4 is 10.6 Å². The number of rotatable bonds is 5. The molecule has 3 aromatic rings. The van der Waals surface area contributed by atoms with Gasteiger partial charge < -0.3 is 25.4 Å². The number of aliphatic hydroxyl groups excluding tert-OH is 2.